The Morgan fingerprint density at radius 1 is 1.25 bits per heavy atom. The number of hydrogen-bond donors (Lipinski definition) is 1. The van der Waals surface area contributed by atoms with Gasteiger partial charge in [0.1, 0.15) is 10.7 Å². The number of sulfonamides is 1. The van der Waals surface area contributed by atoms with Gasteiger partial charge in [-0.1, -0.05) is 6.42 Å². The fourth-order valence-corrected chi connectivity index (χ4v) is 5.03. The highest BCUT2D eigenvalue weighted by Gasteiger charge is 2.42. The van der Waals surface area contributed by atoms with Crippen LogP contribution in [0, 0.1) is 24.6 Å². The van der Waals surface area contributed by atoms with Crippen molar-refractivity contribution in [2.45, 2.75) is 31.1 Å². The van der Waals surface area contributed by atoms with E-state index in [1.165, 1.54) is 22.9 Å². The Kier molecular flexibility index (Phi) is 3.25. The minimum atomic E-state index is -3.77. The van der Waals surface area contributed by atoms with Crippen LogP contribution in [0.4, 0.5) is 10.1 Å². The molecule has 1 aromatic rings. The smallest absolute Gasteiger partial charge is 0.246 e. The van der Waals surface area contributed by atoms with E-state index in [1.54, 1.807) is 6.92 Å². The molecule has 1 aliphatic carbocycles. The molecule has 1 aliphatic heterocycles. The number of rotatable bonds is 2. The fraction of sp³-hybridized carbons (Fsp3) is 0.571. The van der Waals surface area contributed by atoms with E-state index in [-0.39, 0.29) is 4.90 Å². The van der Waals surface area contributed by atoms with Crippen molar-refractivity contribution in [2.75, 3.05) is 18.8 Å². The first-order chi connectivity index (χ1) is 9.39. The van der Waals surface area contributed by atoms with Crippen molar-refractivity contribution in [1.82, 2.24) is 4.31 Å². The monoisotopic (exact) mass is 298 g/mol. The van der Waals surface area contributed by atoms with Gasteiger partial charge in [0.05, 0.1) is 0 Å². The van der Waals surface area contributed by atoms with Gasteiger partial charge >= 0.3 is 0 Å². The zero-order chi connectivity index (χ0) is 14.5. The maximum Gasteiger partial charge on any atom is 0.246 e. The molecule has 2 atom stereocenters. The van der Waals surface area contributed by atoms with Crippen molar-refractivity contribution < 1.29 is 12.8 Å². The molecule has 1 heterocycles. The lowest BCUT2D eigenvalue weighted by Crippen LogP contribution is -2.30. The summed E-state index contributed by atoms with van der Waals surface area (Å²) in [6.45, 7) is 2.69. The van der Waals surface area contributed by atoms with Gasteiger partial charge in [-0.15, -0.1) is 0 Å². The van der Waals surface area contributed by atoms with Crippen molar-refractivity contribution in [3.8, 4) is 0 Å². The molecule has 3 rings (SSSR count). The zero-order valence-corrected chi connectivity index (χ0v) is 12.3. The predicted molar refractivity (Wildman–Crippen MR) is 75.1 cm³/mol. The maximum atomic E-state index is 14.0. The summed E-state index contributed by atoms with van der Waals surface area (Å²) >= 11 is 0. The summed E-state index contributed by atoms with van der Waals surface area (Å²) in [5.74, 6) is 0.167. The van der Waals surface area contributed by atoms with Crippen LogP contribution < -0.4 is 5.73 Å². The molecule has 2 fully saturated rings. The van der Waals surface area contributed by atoms with E-state index in [4.69, 9.17) is 5.73 Å². The average Bonchev–Trinajstić information content (AvgIpc) is 2.94. The number of nitrogen functional groups attached to an aromatic ring is 1. The van der Waals surface area contributed by atoms with Crippen LogP contribution in [-0.4, -0.2) is 25.8 Å². The summed E-state index contributed by atoms with van der Waals surface area (Å²) in [6, 6.07) is 2.44. The molecule has 1 aromatic carbocycles. The third-order valence-electron chi connectivity index (χ3n) is 4.63. The van der Waals surface area contributed by atoms with Crippen LogP contribution in [0.15, 0.2) is 17.0 Å². The highest BCUT2D eigenvalue weighted by molar-refractivity contribution is 7.89. The molecule has 0 spiro atoms. The molecule has 20 heavy (non-hydrogen) atoms. The van der Waals surface area contributed by atoms with E-state index < -0.39 is 15.8 Å². The Labute approximate surface area is 118 Å². The molecule has 0 amide bonds. The summed E-state index contributed by atoms with van der Waals surface area (Å²) in [5.41, 5.74) is 6.59. The van der Waals surface area contributed by atoms with Crippen LogP contribution in [-0.2, 0) is 10.0 Å². The van der Waals surface area contributed by atoms with Gasteiger partial charge < -0.3 is 5.73 Å². The van der Waals surface area contributed by atoms with Gasteiger partial charge in [-0.3, -0.25) is 0 Å². The Balaban J connectivity index is 1.95. The number of anilines is 1. The van der Waals surface area contributed by atoms with Crippen LogP contribution >= 0.6 is 0 Å². The van der Waals surface area contributed by atoms with Crippen LogP contribution in [0.2, 0.25) is 0 Å². The van der Waals surface area contributed by atoms with Crippen molar-refractivity contribution >= 4 is 15.7 Å². The van der Waals surface area contributed by atoms with Gasteiger partial charge in [0.25, 0.3) is 0 Å². The van der Waals surface area contributed by atoms with Crippen molar-refractivity contribution in [3.05, 3.63) is 23.5 Å². The van der Waals surface area contributed by atoms with Crippen molar-refractivity contribution in [2.24, 2.45) is 11.8 Å². The number of hydrogen-bond acceptors (Lipinski definition) is 3. The van der Waals surface area contributed by atoms with Gasteiger partial charge in [0.15, 0.2) is 0 Å². The molecular weight excluding hydrogens is 279 g/mol. The number of fused-ring (bicyclic) bond motifs is 1. The van der Waals surface area contributed by atoms with Gasteiger partial charge in [0, 0.05) is 18.8 Å². The first-order valence-electron chi connectivity index (χ1n) is 6.95. The number of aryl methyl sites for hydroxylation is 1. The summed E-state index contributed by atoms with van der Waals surface area (Å²) in [7, 11) is -3.77. The topological polar surface area (TPSA) is 63.4 Å². The molecule has 4 nitrogen and oxygen atoms in total. The lowest BCUT2D eigenvalue weighted by Gasteiger charge is -2.18. The van der Waals surface area contributed by atoms with Crippen LogP contribution in [0.1, 0.15) is 24.8 Å². The summed E-state index contributed by atoms with van der Waals surface area (Å²) in [4.78, 5) is -0.291. The highest BCUT2D eigenvalue weighted by Crippen LogP contribution is 2.40. The summed E-state index contributed by atoms with van der Waals surface area (Å²) < 4.78 is 40.6. The molecular formula is C14H19FN2O2S. The number of halogens is 1. The highest BCUT2D eigenvalue weighted by atomic mass is 32.2. The zero-order valence-electron chi connectivity index (χ0n) is 11.5. The second-order valence-electron chi connectivity index (χ2n) is 5.91. The SMILES string of the molecule is Cc1cc(F)c(S(=O)(=O)N2CC3CCCC3C2)cc1N. The first kappa shape index (κ1) is 13.8. The molecule has 1 saturated carbocycles. The second kappa shape index (κ2) is 4.70. The van der Waals surface area contributed by atoms with E-state index >= 15 is 0 Å². The third-order valence-corrected chi connectivity index (χ3v) is 6.48. The van der Waals surface area contributed by atoms with E-state index in [0.29, 0.717) is 36.2 Å². The molecule has 2 unspecified atom stereocenters. The molecule has 1 saturated heterocycles. The largest absolute Gasteiger partial charge is 0.398 e. The van der Waals surface area contributed by atoms with Crippen LogP contribution in [0.25, 0.3) is 0 Å². The Morgan fingerprint density at radius 2 is 1.85 bits per heavy atom. The number of nitrogens with zero attached hydrogens (tertiary/aromatic N) is 1. The molecule has 0 radical (unpaired) electrons. The Bertz CT molecular complexity index is 633. The quantitative estimate of drug-likeness (QED) is 0.851. The first-order valence-corrected chi connectivity index (χ1v) is 8.39. The lowest BCUT2D eigenvalue weighted by atomic mass is 10.0. The molecule has 6 heteroatoms. The van der Waals surface area contributed by atoms with Gasteiger partial charge in [-0.25, -0.2) is 12.8 Å². The summed E-state index contributed by atoms with van der Waals surface area (Å²) in [6.07, 6.45) is 3.33. The van der Waals surface area contributed by atoms with Crippen molar-refractivity contribution in [3.63, 3.8) is 0 Å². The minimum Gasteiger partial charge on any atom is -0.398 e. The molecule has 2 aliphatic rings. The van der Waals surface area contributed by atoms with E-state index in [2.05, 4.69) is 0 Å². The van der Waals surface area contributed by atoms with Crippen LogP contribution in [0.3, 0.4) is 0 Å². The molecule has 2 N–H and O–H groups in total. The number of benzene rings is 1. The van der Waals surface area contributed by atoms with Gasteiger partial charge in [-0.2, -0.15) is 4.31 Å². The minimum absolute atomic E-state index is 0.291. The Hall–Kier alpha value is -1.14. The number of nitrogens with two attached hydrogens (primary N) is 1. The fourth-order valence-electron chi connectivity index (χ4n) is 3.39. The van der Waals surface area contributed by atoms with Crippen LogP contribution in [0.5, 0.6) is 0 Å². The van der Waals surface area contributed by atoms with Gasteiger partial charge in [0.2, 0.25) is 10.0 Å². The molecule has 0 bridgehead atoms. The van der Waals surface area contributed by atoms with Gasteiger partial charge in [-0.05, 0) is 49.3 Å². The third kappa shape index (κ3) is 2.11. The standard InChI is InChI=1S/C14H19FN2O2S/c1-9-5-12(15)14(6-13(9)16)20(18,19)17-7-10-3-2-4-11(10)8-17/h5-6,10-11H,2-4,7-8,16H2,1H3. The normalized spacial score (nSPS) is 26.9. The Morgan fingerprint density at radius 3 is 2.45 bits per heavy atom. The lowest BCUT2D eigenvalue weighted by molar-refractivity contribution is 0.440. The second-order valence-corrected chi connectivity index (χ2v) is 7.82. The van der Waals surface area contributed by atoms with E-state index in [1.807, 2.05) is 0 Å². The van der Waals surface area contributed by atoms with Crippen molar-refractivity contribution in [1.29, 1.82) is 0 Å². The van der Waals surface area contributed by atoms with E-state index in [0.717, 1.165) is 12.8 Å². The maximum absolute atomic E-state index is 14.0. The molecule has 0 aromatic heterocycles. The molecule has 110 valence electrons. The summed E-state index contributed by atoms with van der Waals surface area (Å²) in [5, 5.41) is 0. The average molecular weight is 298 g/mol. The van der Waals surface area contributed by atoms with E-state index in [9.17, 15) is 12.8 Å². The predicted octanol–water partition coefficient (Wildman–Crippen LogP) is 2.14.